The molecule has 0 aliphatic carbocycles. The van der Waals surface area contributed by atoms with Crippen LogP contribution in [0.3, 0.4) is 0 Å². The lowest BCUT2D eigenvalue weighted by Gasteiger charge is -2.24. The van der Waals surface area contributed by atoms with E-state index in [1.165, 1.54) is 0 Å². The Bertz CT molecular complexity index is 208. The van der Waals surface area contributed by atoms with Gasteiger partial charge in [0.2, 0.25) is 0 Å². The highest BCUT2D eigenvalue weighted by atomic mass is 35.5. The quantitative estimate of drug-likeness (QED) is 0.684. The number of hydrogen-bond donors (Lipinski definition) is 2. The van der Waals surface area contributed by atoms with Gasteiger partial charge in [-0.1, -0.05) is 6.92 Å². The van der Waals surface area contributed by atoms with Crippen LogP contribution in [0.15, 0.2) is 0 Å². The second-order valence-corrected chi connectivity index (χ2v) is 3.15. The van der Waals surface area contributed by atoms with E-state index in [4.69, 9.17) is 5.11 Å². The highest BCUT2D eigenvalue weighted by Crippen LogP contribution is 2.16. The molecule has 2 N–H and O–H groups in total. The molecule has 0 aromatic rings. The molecule has 1 heterocycles. The summed E-state index contributed by atoms with van der Waals surface area (Å²) in [6.45, 7) is 2.77. The minimum Gasteiger partial charge on any atom is -0.481 e. The van der Waals surface area contributed by atoms with Crippen LogP contribution < -0.4 is 5.32 Å². The van der Waals surface area contributed by atoms with Gasteiger partial charge in [-0.2, -0.15) is 0 Å². The molecule has 1 rings (SSSR count). The van der Waals surface area contributed by atoms with E-state index in [1.54, 1.807) is 6.92 Å². The van der Waals surface area contributed by atoms with Gasteiger partial charge in [-0.25, -0.2) is 0 Å². The van der Waals surface area contributed by atoms with Gasteiger partial charge < -0.3 is 10.4 Å². The zero-order valence-corrected chi connectivity index (χ0v) is 8.26. The molecule has 0 saturated carbocycles. The summed E-state index contributed by atoms with van der Waals surface area (Å²) >= 11 is 0. The summed E-state index contributed by atoms with van der Waals surface area (Å²) in [5.74, 6) is -1.72. The number of halogens is 1. The summed E-state index contributed by atoms with van der Waals surface area (Å²) in [4.78, 5) is 21.8. The third-order valence-corrected chi connectivity index (χ3v) is 2.32. The summed E-state index contributed by atoms with van der Waals surface area (Å²) in [7, 11) is 0. The number of carboxylic acid groups (broad SMARTS) is 1. The molecule has 13 heavy (non-hydrogen) atoms. The van der Waals surface area contributed by atoms with E-state index >= 15 is 0 Å². The average molecular weight is 208 g/mol. The van der Waals surface area contributed by atoms with Crippen molar-refractivity contribution in [2.45, 2.75) is 13.3 Å². The van der Waals surface area contributed by atoms with Crippen LogP contribution in [0, 0.1) is 11.8 Å². The highest BCUT2D eigenvalue weighted by molar-refractivity contribution is 5.87. The molecule has 2 atom stereocenters. The summed E-state index contributed by atoms with van der Waals surface area (Å²) in [5, 5.41) is 11.7. The maximum Gasteiger partial charge on any atom is 0.306 e. The second-order valence-electron chi connectivity index (χ2n) is 3.15. The van der Waals surface area contributed by atoms with Crippen LogP contribution in [0.4, 0.5) is 0 Å². The first-order chi connectivity index (χ1) is 5.63. The number of piperidine rings is 1. The van der Waals surface area contributed by atoms with E-state index in [-0.39, 0.29) is 24.1 Å². The SMILES string of the molecule is CC(C(=O)O)C1CNCCC1=O.Cl. The van der Waals surface area contributed by atoms with Gasteiger partial charge in [0.1, 0.15) is 5.78 Å². The average Bonchev–Trinajstić information content (AvgIpc) is 2.04. The first-order valence-electron chi connectivity index (χ1n) is 4.09. The minimum atomic E-state index is -0.892. The molecular weight excluding hydrogens is 194 g/mol. The van der Waals surface area contributed by atoms with E-state index in [9.17, 15) is 9.59 Å². The van der Waals surface area contributed by atoms with Crippen LogP contribution in [-0.4, -0.2) is 29.9 Å². The lowest BCUT2D eigenvalue weighted by atomic mass is 9.86. The third kappa shape index (κ3) is 2.97. The Morgan fingerprint density at radius 3 is 2.77 bits per heavy atom. The molecule has 1 saturated heterocycles. The topological polar surface area (TPSA) is 66.4 Å². The van der Waals surface area contributed by atoms with Crippen LogP contribution in [0.1, 0.15) is 13.3 Å². The number of aliphatic carboxylic acids is 1. The lowest BCUT2D eigenvalue weighted by molar-refractivity contribution is -0.146. The number of ketones is 1. The fourth-order valence-electron chi connectivity index (χ4n) is 1.40. The van der Waals surface area contributed by atoms with Gasteiger partial charge in [0.25, 0.3) is 0 Å². The number of carboxylic acids is 1. The summed E-state index contributed by atoms with van der Waals surface area (Å²) in [5.41, 5.74) is 0. The lowest BCUT2D eigenvalue weighted by Crippen LogP contribution is -2.42. The zero-order chi connectivity index (χ0) is 9.14. The van der Waals surface area contributed by atoms with E-state index in [0.29, 0.717) is 19.5 Å². The fraction of sp³-hybridized carbons (Fsp3) is 0.750. The standard InChI is InChI=1S/C8H13NO3.ClH/c1-5(8(11)12)6-4-9-3-2-7(6)10;/h5-6,9H,2-4H2,1H3,(H,11,12);1H. The van der Waals surface area contributed by atoms with Crippen molar-refractivity contribution in [3.05, 3.63) is 0 Å². The van der Waals surface area contributed by atoms with Crippen molar-refractivity contribution >= 4 is 24.2 Å². The normalized spacial score (nSPS) is 24.7. The van der Waals surface area contributed by atoms with Crippen LogP contribution >= 0.6 is 12.4 Å². The van der Waals surface area contributed by atoms with Gasteiger partial charge >= 0.3 is 5.97 Å². The van der Waals surface area contributed by atoms with Crippen molar-refractivity contribution in [1.29, 1.82) is 0 Å². The van der Waals surface area contributed by atoms with Gasteiger partial charge in [-0.15, -0.1) is 12.4 Å². The van der Waals surface area contributed by atoms with Crippen molar-refractivity contribution in [3.63, 3.8) is 0 Å². The van der Waals surface area contributed by atoms with Crippen molar-refractivity contribution in [3.8, 4) is 0 Å². The van der Waals surface area contributed by atoms with Crippen molar-refractivity contribution in [2.75, 3.05) is 13.1 Å². The molecule has 2 unspecified atom stereocenters. The van der Waals surface area contributed by atoms with Crippen molar-refractivity contribution in [2.24, 2.45) is 11.8 Å². The Kier molecular flexibility index (Phi) is 4.95. The number of rotatable bonds is 2. The smallest absolute Gasteiger partial charge is 0.306 e. The van der Waals surface area contributed by atoms with Crippen molar-refractivity contribution < 1.29 is 14.7 Å². The predicted octanol–water partition coefficient (Wildman–Crippen LogP) is 0.307. The Morgan fingerprint density at radius 2 is 2.31 bits per heavy atom. The van der Waals surface area contributed by atoms with E-state index in [2.05, 4.69) is 5.32 Å². The van der Waals surface area contributed by atoms with E-state index in [1.807, 2.05) is 0 Å². The molecular formula is C8H14ClNO3. The number of nitrogens with one attached hydrogen (secondary N) is 1. The van der Waals surface area contributed by atoms with Gasteiger partial charge in [0.15, 0.2) is 0 Å². The molecule has 76 valence electrons. The Labute approximate surface area is 83.1 Å². The highest BCUT2D eigenvalue weighted by Gasteiger charge is 2.31. The molecule has 0 radical (unpaired) electrons. The summed E-state index contributed by atoms with van der Waals surface area (Å²) < 4.78 is 0. The molecule has 1 fully saturated rings. The molecule has 0 aromatic heterocycles. The van der Waals surface area contributed by atoms with Gasteiger partial charge in [0.05, 0.1) is 5.92 Å². The second kappa shape index (κ2) is 5.19. The van der Waals surface area contributed by atoms with Gasteiger partial charge in [0, 0.05) is 25.4 Å². The Balaban J connectivity index is 0.00000144. The van der Waals surface area contributed by atoms with Crippen LogP contribution in [0.25, 0.3) is 0 Å². The number of hydrogen-bond acceptors (Lipinski definition) is 3. The number of Topliss-reactive ketones (excluding diaryl/α,β-unsaturated/α-hetero) is 1. The minimum absolute atomic E-state index is 0. The molecule has 0 spiro atoms. The van der Waals surface area contributed by atoms with Crippen molar-refractivity contribution in [1.82, 2.24) is 5.32 Å². The Hall–Kier alpha value is -0.610. The number of carbonyl (C=O) groups is 2. The van der Waals surface area contributed by atoms with Gasteiger partial charge in [-0.3, -0.25) is 9.59 Å². The largest absolute Gasteiger partial charge is 0.481 e. The van der Waals surface area contributed by atoms with Crippen LogP contribution in [0.2, 0.25) is 0 Å². The monoisotopic (exact) mass is 207 g/mol. The summed E-state index contributed by atoms with van der Waals surface area (Å²) in [6.07, 6.45) is 0.461. The number of carbonyl (C=O) groups excluding carboxylic acids is 1. The maximum atomic E-state index is 11.2. The molecule has 4 nitrogen and oxygen atoms in total. The molecule has 0 bridgehead atoms. The third-order valence-electron chi connectivity index (χ3n) is 2.32. The van der Waals surface area contributed by atoms with E-state index < -0.39 is 11.9 Å². The van der Waals surface area contributed by atoms with Gasteiger partial charge in [-0.05, 0) is 0 Å². The van der Waals surface area contributed by atoms with Crippen LogP contribution in [-0.2, 0) is 9.59 Å². The first kappa shape index (κ1) is 12.4. The summed E-state index contributed by atoms with van der Waals surface area (Å²) in [6, 6.07) is 0. The predicted molar refractivity (Wildman–Crippen MR) is 50.0 cm³/mol. The van der Waals surface area contributed by atoms with Crippen LogP contribution in [0.5, 0.6) is 0 Å². The molecule has 5 heteroatoms. The molecule has 1 aliphatic rings. The molecule has 0 aromatic carbocycles. The fourth-order valence-corrected chi connectivity index (χ4v) is 1.40. The van der Waals surface area contributed by atoms with E-state index in [0.717, 1.165) is 0 Å². The first-order valence-corrected chi connectivity index (χ1v) is 4.09. The Morgan fingerprint density at radius 1 is 1.69 bits per heavy atom. The molecule has 0 amide bonds. The maximum absolute atomic E-state index is 11.2. The molecule has 1 aliphatic heterocycles. The zero-order valence-electron chi connectivity index (χ0n) is 7.45.